The minimum absolute atomic E-state index is 0.166. The Bertz CT molecular complexity index is 1290. The molecule has 2 aromatic heterocycles. The van der Waals surface area contributed by atoms with E-state index in [0.29, 0.717) is 29.5 Å². The van der Waals surface area contributed by atoms with Gasteiger partial charge in [-0.25, -0.2) is 4.39 Å². The first-order valence-electron chi connectivity index (χ1n) is 10.3. The highest BCUT2D eigenvalue weighted by Crippen LogP contribution is 2.32. The van der Waals surface area contributed by atoms with Crippen LogP contribution in [-0.2, 0) is 13.2 Å². The summed E-state index contributed by atoms with van der Waals surface area (Å²) in [7, 11) is 0. The predicted octanol–water partition coefficient (Wildman–Crippen LogP) is 4.39. The van der Waals surface area contributed by atoms with Crippen molar-refractivity contribution >= 4 is 5.82 Å². The average Bonchev–Trinajstić information content (AvgIpc) is 3.52. The SMILES string of the molecule is C[C@]1(COc2ccc(-c3cc(COc4ccc(F)cc4)on3)cc2)Cn2cc([N+](=O)[O-])nc2O1. The van der Waals surface area contributed by atoms with Gasteiger partial charge >= 0.3 is 11.8 Å². The highest BCUT2D eigenvalue weighted by atomic mass is 19.1. The van der Waals surface area contributed by atoms with Crippen molar-refractivity contribution in [2.24, 2.45) is 0 Å². The normalized spacial score (nSPS) is 16.6. The van der Waals surface area contributed by atoms with E-state index in [0.717, 1.165) is 5.56 Å². The topological polar surface area (TPSA) is 115 Å². The molecule has 0 amide bonds. The molecule has 0 radical (unpaired) electrons. The number of rotatable bonds is 8. The van der Waals surface area contributed by atoms with Gasteiger partial charge in [0, 0.05) is 16.6 Å². The zero-order chi connectivity index (χ0) is 23.7. The summed E-state index contributed by atoms with van der Waals surface area (Å²) >= 11 is 0. The first kappa shape index (κ1) is 21.4. The van der Waals surface area contributed by atoms with E-state index in [1.54, 1.807) is 34.9 Å². The molecule has 11 heteroatoms. The number of halogens is 1. The standard InChI is InChI=1S/C23H19FN4O6/c1-23(13-27-11-21(28(29)30)25-22(27)33-23)14-32-18-6-2-15(3-7-18)20-10-19(34-26-20)12-31-17-8-4-16(24)5-9-17/h2-11H,12-14H2,1H3/t23-/m1/s1. The molecule has 174 valence electrons. The van der Waals surface area contributed by atoms with Crippen LogP contribution in [0, 0.1) is 15.9 Å². The third-order valence-electron chi connectivity index (χ3n) is 5.20. The van der Waals surface area contributed by atoms with Gasteiger partial charge in [-0.3, -0.25) is 4.57 Å². The van der Waals surface area contributed by atoms with E-state index >= 15 is 0 Å². The average molecular weight is 466 g/mol. The second-order valence-electron chi connectivity index (χ2n) is 8.05. The fourth-order valence-electron chi connectivity index (χ4n) is 3.52. The third-order valence-corrected chi connectivity index (χ3v) is 5.20. The summed E-state index contributed by atoms with van der Waals surface area (Å²) in [5.41, 5.74) is 0.782. The van der Waals surface area contributed by atoms with Crippen LogP contribution in [0.5, 0.6) is 17.5 Å². The van der Waals surface area contributed by atoms with Gasteiger partial charge in [0.05, 0.1) is 6.54 Å². The molecule has 5 rings (SSSR count). The van der Waals surface area contributed by atoms with Crippen molar-refractivity contribution in [3.63, 3.8) is 0 Å². The van der Waals surface area contributed by atoms with E-state index in [9.17, 15) is 14.5 Å². The first-order valence-corrected chi connectivity index (χ1v) is 10.3. The van der Waals surface area contributed by atoms with Gasteiger partial charge in [0.15, 0.2) is 11.4 Å². The van der Waals surface area contributed by atoms with Crippen LogP contribution in [0.1, 0.15) is 12.7 Å². The molecule has 4 aromatic rings. The molecule has 0 fully saturated rings. The Kier molecular flexibility index (Phi) is 5.36. The summed E-state index contributed by atoms with van der Waals surface area (Å²) in [4.78, 5) is 14.1. The van der Waals surface area contributed by atoms with Crippen LogP contribution in [-0.4, -0.2) is 31.8 Å². The lowest BCUT2D eigenvalue weighted by Gasteiger charge is -2.22. The van der Waals surface area contributed by atoms with Crippen molar-refractivity contribution in [2.75, 3.05) is 6.61 Å². The van der Waals surface area contributed by atoms with Crippen LogP contribution in [0.2, 0.25) is 0 Å². The molecule has 0 unspecified atom stereocenters. The Labute approximate surface area is 192 Å². The van der Waals surface area contributed by atoms with Crippen molar-refractivity contribution in [1.29, 1.82) is 0 Å². The molecule has 0 saturated heterocycles. The molecule has 2 aromatic carbocycles. The molecule has 1 aliphatic heterocycles. The van der Waals surface area contributed by atoms with E-state index in [1.165, 1.54) is 18.3 Å². The summed E-state index contributed by atoms with van der Waals surface area (Å²) in [6, 6.07) is 15.0. The van der Waals surface area contributed by atoms with E-state index < -0.39 is 10.5 Å². The minimum atomic E-state index is -0.693. The summed E-state index contributed by atoms with van der Waals surface area (Å²) < 4.78 is 37.1. The van der Waals surface area contributed by atoms with E-state index in [2.05, 4.69) is 10.1 Å². The zero-order valence-electron chi connectivity index (χ0n) is 18.0. The van der Waals surface area contributed by atoms with Gasteiger partial charge in [0.2, 0.25) is 0 Å². The quantitative estimate of drug-likeness (QED) is 0.277. The smallest absolute Gasteiger partial charge is 0.415 e. The Morgan fingerprint density at radius 2 is 1.85 bits per heavy atom. The van der Waals surface area contributed by atoms with Gasteiger partial charge in [0.25, 0.3) is 0 Å². The number of hydrogen-bond donors (Lipinski definition) is 0. The van der Waals surface area contributed by atoms with Crippen LogP contribution in [0.25, 0.3) is 11.3 Å². The molecule has 0 aliphatic carbocycles. The van der Waals surface area contributed by atoms with Crippen LogP contribution in [0.4, 0.5) is 10.2 Å². The molecular weight excluding hydrogens is 447 g/mol. The molecule has 0 spiro atoms. The zero-order valence-corrected chi connectivity index (χ0v) is 18.0. The predicted molar refractivity (Wildman–Crippen MR) is 116 cm³/mol. The maximum Gasteiger partial charge on any atom is 0.415 e. The van der Waals surface area contributed by atoms with Gasteiger partial charge in [-0.2, -0.15) is 0 Å². The van der Waals surface area contributed by atoms with Gasteiger partial charge in [-0.1, -0.05) is 5.16 Å². The Morgan fingerprint density at radius 1 is 1.15 bits per heavy atom. The molecule has 0 bridgehead atoms. The summed E-state index contributed by atoms with van der Waals surface area (Å²) in [6.07, 6.45) is 1.35. The number of imidazole rings is 1. The van der Waals surface area contributed by atoms with Gasteiger partial charge < -0.3 is 28.8 Å². The van der Waals surface area contributed by atoms with Crippen molar-refractivity contribution in [2.45, 2.75) is 25.7 Å². The maximum absolute atomic E-state index is 13.0. The van der Waals surface area contributed by atoms with E-state index in [4.69, 9.17) is 18.7 Å². The van der Waals surface area contributed by atoms with Crippen LogP contribution >= 0.6 is 0 Å². The highest BCUT2D eigenvalue weighted by Gasteiger charge is 2.41. The van der Waals surface area contributed by atoms with Crippen molar-refractivity contribution in [3.8, 4) is 28.8 Å². The van der Waals surface area contributed by atoms with Gasteiger partial charge in [-0.15, -0.1) is 0 Å². The van der Waals surface area contributed by atoms with Crippen LogP contribution < -0.4 is 14.2 Å². The summed E-state index contributed by atoms with van der Waals surface area (Å²) in [5.74, 6) is 1.12. The second-order valence-corrected chi connectivity index (χ2v) is 8.05. The maximum atomic E-state index is 13.0. The first-order chi connectivity index (χ1) is 16.4. The number of nitro groups is 1. The highest BCUT2D eigenvalue weighted by molar-refractivity contribution is 5.59. The van der Waals surface area contributed by atoms with Crippen molar-refractivity contribution in [3.05, 3.63) is 82.5 Å². The lowest BCUT2D eigenvalue weighted by Crippen LogP contribution is -2.38. The molecule has 10 nitrogen and oxygen atoms in total. The molecule has 34 heavy (non-hydrogen) atoms. The minimum Gasteiger partial charge on any atom is -0.489 e. The molecular formula is C23H19FN4O6. The van der Waals surface area contributed by atoms with E-state index in [1.807, 2.05) is 19.1 Å². The van der Waals surface area contributed by atoms with E-state index in [-0.39, 0.29) is 30.9 Å². The fraction of sp³-hybridized carbons (Fsp3) is 0.217. The lowest BCUT2D eigenvalue weighted by molar-refractivity contribution is -0.389. The molecule has 3 heterocycles. The third kappa shape index (κ3) is 4.53. The Hall–Kier alpha value is -4.41. The summed E-state index contributed by atoms with van der Waals surface area (Å²) in [6.45, 7) is 2.65. The fourth-order valence-corrected chi connectivity index (χ4v) is 3.52. The van der Waals surface area contributed by atoms with Crippen molar-refractivity contribution < 1.29 is 28.0 Å². The number of fused-ring (bicyclic) bond motifs is 1. The van der Waals surface area contributed by atoms with Gasteiger partial charge in [0.1, 0.15) is 42.4 Å². The van der Waals surface area contributed by atoms with Crippen molar-refractivity contribution in [1.82, 2.24) is 14.7 Å². The summed E-state index contributed by atoms with van der Waals surface area (Å²) in [5, 5.41) is 14.9. The number of aromatic nitrogens is 3. The van der Waals surface area contributed by atoms with Gasteiger partial charge in [-0.05, 0) is 60.4 Å². The number of nitrogens with zero attached hydrogens (tertiary/aromatic N) is 4. The second kappa shape index (κ2) is 8.50. The number of ether oxygens (including phenoxy) is 3. The Balaban J connectivity index is 1.15. The van der Waals surface area contributed by atoms with Crippen LogP contribution in [0.3, 0.4) is 0 Å². The number of hydrogen-bond acceptors (Lipinski definition) is 8. The molecule has 1 aliphatic rings. The van der Waals surface area contributed by atoms with Crippen LogP contribution in [0.15, 0.2) is 65.3 Å². The molecule has 1 atom stereocenters. The molecule has 0 saturated carbocycles. The monoisotopic (exact) mass is 466 g/mol. The Morgan fingerprint density at radius 3 is 2.56 bits per heavy atom. The largest absolute Gasteiger partial charge is 0.489 e. The molecule has 0 N–H and O–H groups in total. The number of benzene rings is 2. The lowest BCUT2D eigenvalue weighted by atomic mass is 10.1.